The third-order valence-electron chi connectivity index (χ3n) is 3.65. The molecule has 0 saturated carbocycles. The van der Waals surface area contributed by atoms with Crippen molar-refractivity contribution >= 4 is 5.69 Å². The summed E-state index contributed by atoms with van der Waals surface area (Å²) in [5.74, 6) is 0. The number of rotatable bonds is 2. The average Bonchev–Trinajstić information content (AvgIpc) is 2.45. The van der Waals surface area contributed by atoms with Crippen molar-refractivity contribution in [1.29, 1.82) is 5.26 Å². The molecule has 20 heavy (non-hydrogen) atoms. The molecule has 1 N–H and O–H groups in total. The molecule has 1 fully saturated rings. The first-order valence-electron chi connectivity index (χ1n) is 6.48. The molecule has 0 bridgehead atoms. The summed E-state index contributed by atoms with van der Waals surface area (Å²) < 4.78 is 38.2. The fourth-order valence-corrected chi connectivity index (χ4v) is 2.47. The van der Waals surface area contributed by atoms with Crippen molar-refractivity contribution in [1.82, 2.24) is 5.32 Å². The van der Waals surface area contributed by atoms with Gasteiger partial charge in [0, 0.05) is 25.3 Å². The van der Waals surface area contributed by atoms with E-state index >= 15 is 0 Å². The third kappa shape index (κ3) is 3.05. The molecule has 0 spiro atoms. The summed E-state index contributed by atoms with van der Waals surface area (Å²) in [6, 6.07) is 5.61. The van der Waals surface area contributed by atoms with Crippen LogP contribution in [0.2, 0.25) is 0 Å². The lowest BCUT2D eigenvalue weighted by Gasteiger charge is -2.33. The molecule has 2 rings (SSSR count). The van der Waals surface area contributed by atoms with Crippen LogP contribution in [-0.2, 0) is 6.18 Å². The molecule has 0 aromatic heterocycles. The van der Waals surface area contributed by atoms with Crippen LogP contribution in [0.25, 0.3) is 0 Å². The van der Waals surface area contributed by atoms with E-state index in [1.807, 2.05) is 11.9 Å². The van der Waals surface area contributed by atoms with E-state index in [1.165, 1.54) is 12.1 Å². The molecule has 1 aliphatic heterocycles. The fourth-order valence-electron chi connectivity index (χ4n) is 2.47. The minimum absolute atomic E-state index is 0.243. The van der Waals surface area contributed by atoms with E-state index in [9.17, 15) is 13.2 Å². The van der Waals surface area contributed by atoms with Crippen LogP contribution in [0.4, 0.5) is 18.9 Å². The van der Waals surface area contributed by atoms with Crippen LogP contribution in [0.15, 0.2) is 18.2 Å². The molecule has 6 heteroatoms. The highest BCUT2D eigenvalue weighted by Crippen LogP contribution is 2.34. The molecule has 1 atom stereocenters. The first-order valence-corrected chi connectivity index (χ1v) is 6.48. The zero-order chi connectivity index (χ0) is 14.8. The molecular formula is C14H16F3N3. The maximum Gasteiger partial charge on any atom is 0.417 e. The summed E-state index contributed by atoms with van der Waals surface area (Å²) >= 11 is 0. The van der Waals surface area contributed by atoms with Gasteiger partial charge in [0.1, 0.15) is 0 Å². The maximum absolute atomic E-state index is 12.7. The van der Waals surface area contributed by atoms with Gasteiger partial charge in [-0.15, -0.1) is 0 Å². The summed E-state index contributed by atoms with van der Waals surface area (Å²) in [4.78, 5) is 1.94. The minimum Gasteiger partial charge on any atom is -0.370 e. The Morgan fingerprint density at radius 2 is 2.15 bits per heavy atom. The van der Waals surface area contributed by atoms with Gasteiger partial charge in [0.2, 0.25) is 0 Å². The van der Waals surface area contributed by atoms with E-state index in [4.69, 9.17) is 5.26 Å². The molecule has 3 nitrogen and oxygen atoms in total. The van der Waals surface area contributed by atoms with E-state index in [0.717, 1.165) is 32.0 Å². The summed E-state index contributed by atoms with van der Waals surface area (Å²) in [5.41, 5.74) is -0.562. The van der Waals surface area contributed by atoms with Crippen LogP contribution in [-0.4, -0.2) is 26.2 Å². The zero-order valence-electron chi connectivity index (χ0n) is 11.2. The molecule has 0 radical (unpaired) electrons. The molecule has 1 aromatic carbocycles. The predicted octanol–water partition coefficient (Wildman–Crippen LogP) is 2.77. The Bertz CT molecular complexity index is 513. The molecule has 108 valence electrons. The van der Waals surface area contributed by atoms with Gasteiger partial charge in [0.15, 0.2) is 0 Å². The number of hydrogen-bond donors (Lipinski definition) is 1. The van der Waals surface area contributed by atoms with Crippen LogP contribution in [0.3, 0.4) is 0 Å². The normalized spacial score (nSPS) is 19.4. The van der Waals surface area contributed by atoms with Gasteiger partial charge in [-0.2, -0.15) is 18.4 Å². The summed E-state index contributed by atoms with van der Waals surface area (Å²) in [7, 11) is 1.85. The van der Waals surface area contributed by atoms with Gasteiger partial charge in [-0.05, 0) is 37.6 Å². The van der Waals surface area contributed by atoms with Gasteiger partial charge >= 0.3 is 6.18 Å². The number of nitriles is 1. The summed E-state index contributed by atoms with van der Waals surface area (Å²) in [6.07, 6.45) is -2.46. The molecular weight excluding hydrogens is 267 g/mol. The highest BCUT2D eigenvalue weighted by Gasteiger charge is 2.34. The molecule has 1 saturated heterocycles. The van der Waals surface area contributed by atoms with E-state index < -0.39 is 11.7 Å². The second-order valence-electron chi connectivity index (χ2n) is 4.95. The van der Waals surface area contributed by atoms with E-state index in [0.29, 0.717) is 5.69 Å². The van der Waals surface area contributed by atoms with Crippen LogP contribution in [0.5, 0.6) is 0 Å². The maximum atomic E-state index is 12.7. The number of nitrogens with zero attached hydrogens (tertiary/aromatic N) is 2. The molecule has 1 aliphatic rings. The number of piperidine rings is 1. The first kappa shape index (κ1) is 14.7. The molecule has 1 aromatic rings. The lowest BCUT2D eigenvalue weighted by molar-refractivity contribution is -0.137. The number of alkyl halides is 3. The SMILES string of the molecule is CN(c1ccc(C(F)(F)F)c(C#N)c1)C1CCCNC1. The van der Waals surface area contributed by atoms with Crippen LogP contribution < -0.4 is 10.2 Å². The second kappa shape index (κ2) is 5.71. The Hall–Kier alpha value is -1.74. The number of likely N-dealkylation sites (N-methyl/N-ethyl adjacent to an activating group) is 1. The number of anilines is 1. The second-order valence-corrected chi connectivity index (χ2v) is 4.95. The lowest BCUT2D eigenvalue weighted by atomic mass is 10.0. The molecule has 1 heterocycles. The number of halogens is 3. The van der Waals surface area contributed by atoms with Crippen LogP contribution >= 0.6 is 0 Å². The van der Waals surface area contributed by atoms with Gasteiger partial charge in [-0.25, -0.2) is 0 Å². The number of nitrogens with one attached hydrogen (secondary N) is 1. The van der Waals surface area contributed by atoms with E-state index in [2.05, 4.69) is 5.32 Å². The van der Waals surface area contributed by atoms with E-state index in [-0.39, 0.29) is 11.6 Å². The van der Waals surface area contributed by atoms with Gasteiger partial charge in [-0.3, -0.25) is 0 Å². The monoisotopic (exact) mass is 283 g/mol. The summed E-state index contributed by atoms with van der Waals surface area (Å²) in [6.45, 7) is 1.78. The van der Waals surface area contributed by atoms with Crippen molar-refractivity contribution in [3.63, 3.8) is 0 Å². The van der Waals surface area contributed by atoms with Crippen molar-refractivity contribution in [2.45, 2.75) is 25.1 Å². The minimum atomic E-state index is -4.49. The topological polar surface area (TPSA) is 39.1 Å². The average molecular weight is 283 g/mol. The summed E-state index contributed by atoms with van der Waals surface area (Å²) in [5, 5.41) is 12.2. The van der Waals surface area contributed by atoms with Crippen molar-refractivity contribution in [2.75, 3.05) is 25.0 Å². The highest BCUT2D eigenvalue weighted by molar-refractivity contribution is 5.55. The Balaban J connectivity index is 2.27. The highest BCUT2D eigenvalue weighted by atomic mass is 19.4. The van der Waals surface area contributed by atoms with Crippen molar-refractivity contribution < 1.29 is 13.2 Å². The molecule has 0 aliphatic carbocycles. The standard InChI is InChI=1S/C14H16F3N3/c1-20(12-3-2-6-19-9-12)11-4-5-13(14(15,16)17)10(7-11)8-18/h4-5,7,12,19H,2-3,6,9H2,1H3. The van der Waals surface area contributed by atoms with Crippen LogP contribution in [0, 0.1) is 11.3 Å². The Labute approximate surface area is 116 Å². The Kier molecular flexibility index (Phi) is 4.19. The largest absolute Gasteiger partial charge is 0.417 e. The number of hydrogen-bond acceptors (Lipinski definition) is 3. The van der Waals surface area contributed by atoms with Crippen molar-refractivity contribution in [2.24, 2.45) is 0 Å². The van der Waals surface area contributed by atoms with Gasteiger partial charge in [-0.1, -0.05) is 0 Å². The lowest BCUT2D eigenvalue weighted by Crippen LogP contribution is -2.44. The quantitative estimate of drug-likeness (QED) is 0.907. The smallest absolute Gasteiger partial charge is 0.370 e. The van der Waals surface area contributed by atoms with Gasteiger partial charge in [0.05, 0.1) is 17.2 Å². The Morgan fingerprint density at radius 1 is 1.40 bits per heavy atom. The van der Waals surface area contributed by atoms with Crippen molar-refractivity contribution in [3.8, 4) is 6.07 Å². The van der Waals surface area contributed by atoms with Gasteiger partial charge in [0.25, 0.3) is 0 Å². The van der Waals surface area contributed by atoms with E-state index in [1.54, 1.807) is 6.07 Å². The molecule has 0 amide bonds. The Morgan fingerprint density at radius 3 is 2.70 bits per heavy atom. The third-order valence-corrected chi connectivity index (χ3v) is 3.65. The van der Waals surface area contributed by atoms with Crippen molar-refractivity contribution in [3.05, 3.63) is 29.3 Å². The number of benzene rings is 1. The van der Waals surface area contributed by atoms with Gasteiger partial charge < -0.3 is 10.2 Å². The predicted molar refractivity (Wildman–Crippen MR) is 70.5 cm³/mol. The fraction of sp³-hybridized carbons (Fsp3) is 0.500. The van der Waals surface area contributed by atoms with Crippen LogP contribution in [0.1, 0.15) is 24.0 Å². The zero-order valence-corrected chi connectivity index (χ0v) is 11.2. The molecule has 1 unspecified atom stereocenters. The first-order chi connectivity index (χ1) is 9.43.